The molecular weight excluding hydrogens is 425 g/mol. The monoisotopic (exact) mass is 439 g/mol. The van der Waals surface area contributed by atoms with Crippen LogP contribution in [0.2, 0.25) is 10.0 Å². The van der Waals surface area contributed by atoms with Crippen LogP contribution in [-0.2, 0) is 0 Å². The number of rotatable bonds is 6. The molecule has 0 radical (unpaired) electrons. The molecule has 0 saturated carbocycles. The Morgan fingerprint density at radius 1 is 1.07 bits per heavy atom. The van der Waals surface area contributed by atoms with E-state index < -0.39 is 0 Å². The second-order valence-electron chi connectivity index (χ2n) is 6.21. The highest BCUT2D eigenvalue weighted by Crippen LogP contribution is 2.30. The van der Waals surface area contributed by atoms with Crippen LogP contribution in [0.4, 0.5) is 17.6 Å². The predicted molar refractivity (Wildman–Crippen MR) is 117 cm³/mol. The van der Waals surface area contributed by atoms with Crippen molar-refractivity contribution >= 4 is 46.4 Å². The van der Waals surface area contributed by atoms with Gasteiger partial charge in [-0.3, -0.25) is 0 Å². The minimum absolute atomic E-state index is 0.189. The fourth-order valence-electron chi connectivity index (χ4n) is 2.81. The summed E-state index contributed by atoms with van der Waals surface area (Å²) in [5.74, 6) is 1.28. The third-order valence-electron chi connectivity index (χ3n) is 4.23. The zero-order valence-corrected chi connectivity index (χ0v) is 17.0. The van der Waals surface area contributed by atoms with Crippen LogP contribution in [-0.4, -0.2) is 37.7 Å². The van der Waals surface area contributed by atoms with Crippen molar-refractivity contribution in [1.29, 1.82) is 5.26 Å². The molecular formula is C19H15Cl2N9. The third-order valence-corrected chi connectivity index (χ3v) is 4.78. The van der Waals surface area contributed by atoms with Crippen molar-refractivity contribution in [2.75, 3.05) is 29.5 Å². The van der Waals surface area contributed by atoms with Crippen LogP contribution in [0.5, 0.6) is 0 Å². The van der Waals surface area contributed by atoms with Gasteiger partial charge in [0.2, 0.25) is 5.95 Å². The van der Waals surface area contributed by atoms with Crippen molar-refractivity contribution in [1.82, 2.24) is 24.6 Å². The topological polar surface area (TPSA) is 130 Å². The van der Waals surface area contributed by atoms with E-state index in [0.29, 0.717) is 51.8 Å². The summed E-state index contributed by atoms with van der Waals surface area (Å²) < 4.78 is 1.60. The average Bonchev–Trinajstić information content (AvgIpc) is 3.20. The van der Waals surface area contributed by atoms with Crippen molar-refractivity contribution in [3.8, 4) is 17.3 Å². The van der Waals surface area contributed by atoms with Gasteiger partial charge in [0, 0.05) is 29.7 Å². The molecule has 0 fully saturated rings. The predicted octanol–water partition coefficient (Wildman–Crippen LogP) is 3.47. The lowest BCUT2D eigenvalue weighted by molar-refractivity contribution is 0.906. The molecule has 1 aromatic carbocycles. The molecule has 0 aliphatic rings. The maximum atomic E-state index is 8.92. The van der Waals surface area contributed by atoms with E-state index in [1.807, 2.05) is 12.1 Å². The Morgan fingerprint density at radius 2 is 1.90 bits per heavy atom. The highest BCUT2D eigenvalue weighted by Gasteiger charge is 2.12. The van der Waals surface area contributed by atoms with Crippen LogP contribution < -0.4 is 16.4 Å². The first kappa shape index (κ1) is 19.7. The van der Waals surface area contributed by atoms with E-state index in [1.54, 1.807) is 34.8 Å². The van der Waals surface area contributed by atoms with Gasteiger partial charge in [0.05, 0.1) is 16.3 Å². The Kier molecular flexibility index (Phi) is 5.52. The van der Waals surface area contributed by atoms with Gasteiger partial charge in [-0.05, 0) is 30.3 Å². The van der Waals surface area contributed by atoms with Gasteiger partial charge in [-0.15, -0.1) is 0 Å². The molecule has 9 nitrogen and oxygen atoms in total. The number of hydrogen-bond acceptors (Lipinski definition) is 8. The molecule has 0 aliphatic heterocycles. The Hall–Kier alpha value is -3.61. The average molecular weight is 440 g/mol. The summed E-state index contributed by atoms with van der Waals surface area (Å²) in [5, 5.41) is 20.5. The molecule has 30 heavy (non-hydrogen) atoms. The first-order valence-corrected chi connectivity index (χ1v) is 9.61. The molecule has 11 heteroatoms. The molecule has 150 valence electrons. The number of nitriles is 1. The van der Waals surface area contributed by atoms with Crippen LogP contribution in [0.25, 0.3) is 16.9 Å². The maximum Gasteiger partial charge on any atom is 0.226 e. The van der Waals surface area contributed by atoms with E-state index in [2.05, 4.69) is 30.7 Å². The van der Waals surface area contributed by atoms with Gasteiger partial charge < -0.3 is 16.4 Å². The van der Waals surface area contributed by atoms with Gasteiger partial charge in [-0.2, -0.15) is 14.9 Å². The number of nitrogen functional groups attached to an aromatic ring is 1. The summed E-state index contributed by atoms with van der Waals surface area (Å²) in [4.78, 5) is 13.0. The second-order valence-corrected chi connectivity index (χ2v) is 7.06. The van der Waals surface area contributed by atoms with Gasteiger partial charge >= 0.3 is 0 Å². The number of benzene rings is 1. The third kappa shape index (κ3) is 4.05. The Morgan fingerprint density at radius 3 is 2.67 bits per heavy atom. The smallest absolute Gasteiger partial charge is 0.226 e. The standard InChI is InChI=1S/C19H15Cl2N9/c20-12-2-3-13(14(21)7-12)15-8-17-26-10-27-30(17)19(28-15)25-6-5-24-16-4-1-11(9-22)18(23)29-16/h1-4,7-8,10H,5-6H2,(H,25,28)(H3,23,24,29). The summed E-state index contributed by atoms with van der Waals surface area (Å²) in [6.07, 6.45) is 1.46. The van der Waals surface area contributed by atoms with E-state index >= 15 is 0 Å². The molecule has 0 aliphatic carbocycles. The molecule has 0 amide bonds. The summed E-state index contributed by atoms with van der Waals surface area (Å²) >= 11 is 12.3. The molecule has 4 rings (SSSR count). The Labute approximate surface area is 181 Å². The summed E-state index contributed by atoms with van der Waals surface area (Å²) in [5.41, 5.74) is 8.09. The van der Waals surface area contributed by atoms with Gasteiger partial charge in [-0.25, -0.2) is 15.0 Å². The number of anilines is 3. The first-order valence-electron chi connectivity index (χ1n) is 8.86. The number of nitrogens with two attached hydrogens (primary N) is 1. The summed E-state index contributed by atoms with van der Waals surface area (Å²) in [6.45, 7) is 1.05. The summed E-state index contributed by atoms with van der Waals surface area (Å²) in [6, 6.07) is 12.3. The van der Waals surface area contributed by atoms with Crippen LogP contribution in [0.1, 0.15) is 5.56 Å². The van der Waals surface area contributed by atoms with Crippen LogP contribution in [0.15, 0.2) is 42.7 Å². The molecule has 0 bridgehead atoms. The molecule has 0 saturated heterocycles. The fraction of sp³-hybridized carbons (Fsp3) is 0.105. The number of halogens is 2. The SMILES string of the molecule is N#Cc1ccc(NCCNc2nc(-c3ccc(Cl)cc3Cl)cc3ncnn23)nc1N. The van der Waals surface area contributed by atoms with Crippen molar-refractivity contribution in [3.05, 3.63) is 58.3 Å². The Balaban J connectivity index is 1.50. The van der Waals surface area contributed by atoms with Gasteiger partial charge in [0.25, 0.3) is 0 Å². The van der Waals surface area contributed by atoms with Crippen LogP contribution >= 0.6 is 23.2 Å². The maximum absolute atomic E-state index is 8.92. The normalized spacial score (nSPS) is 10.7. The first-order chi connectivity index (χ1) is 14.5. The lowest BCUT2D eigenvalue weighted by Crippen LogP contribution is -2.17. The zero-order valence-electron chi connectivity index (χ0n) is 15.5. The molecule has 0 spiro atoms. The molecule has 3 aromatic heterocycles. The zero-order chi connectivity index (χ0) is 21.1. The number of hydrogen-bond donors (Lipinski definition) is 3. The van der Waals surface area contributed by atoms with Crippen molar-refractivity contribution in [2.24, 2.45) is 0 Å². The van der Waals surface area contributed by atoms with Gasteiger partial charge in [0.15, 0.2) is 5.65 Å². The minimum Gasteiger partial charge on any atom is -0.383 e. The number of fused-ring (bicyclic) bond motifs is 1. The van der Waals surface area contributed by atoms with Crippen LogP contribution in [0.3, 0.4) is 0 Å². The number of nitrogens with zero attached hydrogens (tertiary/aromatic N) is 6. The summed E-state index contributed by atoms with van der Waals surface area (Å²) in [7, 11) is 0. The number of nitrogens with one attached hydrogen (secondary N) is 2. The van der Waals surface area contributed by atoms with Gasteiger partial charge in [-0.1, -0.05) is 23.2 Å². The van der Waals surface area contributed by atoms with E-state index in [-0.39, 0.29) is 5.82 Å². The molecule has 0 unspecified atom stereocenters. The number of pyridine rings is 1. The lowest BCUT2D eigenvalue weighted by Gasteiger charge is -2.11. The second kappa shape index (κ2) is 8.41. The van der Waals surface area contributed by atoms with E-state index in [1.165, 1.54) is 6.33 Å². The fourth-order valence-corrected chi connectivity index (χ4v) is 3.32. The van der Waals surface area contributed by atoms with Crippen molar-refractivity contribution < 1.29 is 0 Å². The van der Waals surface area contributed by atoms with Gasteiger partial charge in [0.1, 0.15) is 24.0 Å². The molecule has 3 heterocycles. The van der Waals surface area contributed by atoms with Crippen molar-refractivity contribution in [2.45, 2.75) is 0 Å². The lowest BCUT2D eigenvalue weighted by atomic mass is 10.1. The van der Waals surface area contributed by atoms with E-state index in [0.717, 1.165) is 5.56 Å². The van der Waals surface area contributed by atoms with Crippen molar-refractivity contribution in [3.63, 3.8) is 0 Å². The molecule has 4 aromatic rings. The number of aromatic nitrogens is 5. The highest BCUT2D eigenvalue weighted by atomic mass is 35.5. The minimum atomic E-state index is 0.189. The Bertz CT molecular complexity index is 1260. The largest absolute Gasteiger partial charge is 0.383 e. The van der Waals surface area contributed by atoms with E-state index in [4.69, 9.17) is 34.2 Å². The quantitative estimate of drug-likeness (QED) is 0.389. The molecule has 0 atom stereocenters. The molecule has 4 N–H and O–H groups in total. The highest BCUT2D eigenvalue weighted by molar-refractivity contribution is 6.36. The van der Waals surface area contributed by atoms with E-state index in [9.17, 15) is 0 Å². The van der Waals surface area contributed by atoms with Crippen LogP contribution in [0, 0.1) is 11.3 Å².